The summed E-state index contributed by atoms with van der Waals surface area (Å²) in [6.07, 6.45) is 5.77. The highest BCUT2D eigenvalue weighted by atomic mass is 16.2. The lowest BCUT2D eigenvalue weighted by atomic mass is 9.95. The Balaban J connectivity index is 1.41. The van der Waals surface area contributed by atoms with E-state index >= 15 is 0 Å². The average Bonchev–Trinajstić information content (AvgIpc) is 3.29. The second-order valence-corrected chi connectivity index (χ2v) is 7.82. The fourth-order valence-electron chi connectivity index (χ4n) is 4.10. The van der Waals surface area contributed by atoms with Gasteiger partial charge in [-0.3, -0.25) is 14.2 Å². The van der Waals surface area contributed by atoms with Gasteiger partial charge in [-0.15, -0.1) is 0 Å². The van der Waals surface area contributed by atoms with Gasteiger partial charge in [-0.25, -0.2) is 9.48 Å². The number of hydrogen-bond donors (Lipinski definition) is 0. The molecule has 8 heteroatoms. The average molecular weight is 361 g/mol. The Hall–Kier alpha value is -2.12. The van der Waals surface area contributed by atoms with Crippen LogP contribution in [0.2, 0.25) is 0 Å². The molecule has 2 amide bonds. The van der Waals surface area contributed by atoms with E-state index in [1.165, 1.54) is 4.68 Å². The molecule has 4 rings (SSSR count). The van der Waals surface area contributed by atoms with Crippen LogP contribution in [0.15, 0.2) is 4.79 Å². The van der Waals surface area contributed by atoms with E-state index in [1.807, 2.05) is 9.80 Å². The highest BCUT2D eigenvalue weighted by Gasteiger charge is 2.36. The van der Waals surface area contributed by atoms with Gasteiger partial charge in [0.25, 0.3) is 0 Å². The summed E-state index contributed by atoms with van der Waals surface area (Å²) in [6, 6.07) is 0. The van der Waals surface area contributed by atoms with Crippen LogP contribution >= 0.6 is 0 Å². The fourth-order valence-corrected chi connectivity index (χ4v) is 4.10. The third-order valence-corrected chi connectivity index (χ3v) is 5.92. The Labute approximate surface area is 152 Å². The fraction of sp³-hybridized carbons (Fsp3) is 0.778. The number of likely N-dealkylation sites (tertiary alicyclic amines) is 2. The van der Waals surface area contributed by atoms with E-state index in [4.69, 9.17) is 0 Å². The first kappa shape index (κ1) is 17.3. The first-order chi connectivity index (χ1) is 12.5. The van der Waals surface area contributed by atoms with Crippen LogP contribution in [0.5, 0.6) is 0 Å². The summed E-state index contributed by atoms with van der Waals surface area (Å²) in [5.74, 6) is 1.42. The Bertz CT molecular complexity index is 749. The topological polar surface area (TPSA) is 80.4 Å². The van der Waals surface area contributed by atoms with Gasteiger partial charge in [0.2, 0.25) is 11.8 Å². The zero-order valence-corrected chi connectivity index (χ0v) is 15.4. The minimum absolute atomic E-state index is 0.0195. The first-order valence-electron chi connectivity index (χ1n) is 9.75. The van der Waals surface area contributed by atoms with Gasteiger partial charge in [-0.05, 0) is 38.5 Å². The highest BCUT2D eigenvalue weighted by molar-refractivity contribution is 5.81. The Morgan fingerprint density at radius 1 is 1.00 bits per heavy atom. The highest BCUT2D eigenvalue weighted by Crippen LogP contribution is 2.33. The normalized spacial score (nSPS) is 21.4. The van der Waals surface area contributed by atoms with Crippen molar-refractivity contribution in [2.75, 3.05) is 26.2 Å². The van der Waals surface area contributed by atoms with Gasteiger partial charge in [0, 0.05) is 45.1 Å². The van der Waals surface area contributed by atoms with Crippen LogP contribution in [-0.4, -0.2) is 62.1 Å². The molecule has 0 spiro atoms. The maximum Gasteiger partial charge on any atom is 0.346 e. The molecule has 3 fully saturated rings. The number of carbonyl (C=O) groups is 2. The van der Waals surface area contributed by atoms with Crippen molar-refractivity contribution in [3.63, 3.8) is 0 Å². The maximum atomic E-state index is 12.5. The minimum atomic E-state index is -0.232. The lowest BCUT2D eigenvalue weighted by Gasteiger charge is -2.31. The van der Waals surface area contributed by atoms with E-state index in [1.54, 1.807) is 11.6 Å². The number of rotatable bonds is 4. The molecule has 1 aromatic rings. The van der Waals surface area contributed by atoms with Crippen molar-refractivity contribution < 1.29 is 9.59 Å². The minimum Gasteiger partial charge on any atom is -0.342 e. The van der Waals surface area contributed by atoms with Crippen molar-refractivity contribution in [2.45, 2.75) is 51.0 Å². The number of hydrogen-bond acceptors (Lipinski definition) is 4. The summed E-state index contributed by atoms with van der Waals surface area (Å²) in [7, 11) is 1.73. The van der Waals surface area contributed by atoms with Crippen LogP contribution in [0.1, 0.15) is 50.3 Å². The quantitative estimate of drug-likeness (QED) is 0.774. The third-order valence-electron chi connectivity index (χ3n) is 5.92. The Kier molecular flexibility index (Phi) is 4.58. The van der Waals surface area contributed by atoms with Gasteiger partial charge in [0.15, 0.2) is 0 Å². The van der Waals surface area contributed by atoms with E-state index < -0.39 is 0 Å². The van der Waals surface area contributed by atoms with Gasteiger partial charge in [0.05, 0.1) is 0 Å². The van der Waals surface area contributed by atoms with E-state index in [-0.39, 0.29) is 30.0 Å². The molecule has 1 aliphatic carbocycles. The molecule has 8 nitrogen and oxygen atoms in total. The molecule has 2 saturated heterocycles. The SMILES string of the molecule is Cn1c(C2CCN(C(=O)C3CC3)CC2)nn(CC(=O)N2CCCC2)c1=O. The van der Waals surface area contributed by atoms with Gasteiger partial charge >= 0.3 is 5.69 Å². The number of piperidine rings is 1. The third kappa shape index (κ3) is 3.29. The van der Waals surface area contributed by atoms with Crippen molar-refractivity contribution in [3.05, 3.63) is 16.3 Å². The second-order valence-electron chi connectivity index (χ2n) is 7.82. The van der Waals surface area contributed by atoms with Crippen LogP contribution in [0, 0.1) is 5.92 Å². The van der Waals surface area contributed by atoms with E-state index in [0.29, 0.717) is 5.91 Å². The van der Waals surface area contributed by atoms with Crippen LogP contribution in [0.4, 0.5) is 0 Å². The van der Waals surface area contributed by atoms with Crippen molar-refractivity contribution in [1.82, 2.24) is 24.1 Å². The van der Waals surface area contributed by atoms with E-state index in [0.717, 1.165) is 70.5 Å². The molecule has 0 aromatic carbocycles. The summed E-state index contributed by atoms with van der Waals surface area (Å²) in [4.78, 5) is 40.8. The molecule has 3 heterocycles. The molecular formula is C18H27N5O3. The molecule has 1 saturated carbocycles. The summed E-state index contributed by atoms with van der Waals surface area (Å²) < 4.78 is 2.87. The lowest BCUT2D eigenvalue weighted by molar-refractivity contribution is -0.133. The predicted octanol–water partition coefficient (Wildman–Crippen LogP) is 0.320. The van der Waals surface area contributed by atoms with E-state index in [2.05, 4.69) is 5.10 Å². The number of amides is 2. The van der Waals surface area contributed by atoms with Gasteiger partial charge in [0.1, 0.15) is 12.4 Å². The monoisotopic (exact) mass is 361 g/mol. The van der Waals surface area contributed by atoms with Crippen molar-refractivity contribution in [3.8, 4) is 0 Å². The second kappa shape index (κ2) is 6.89. The number of carbonyl (C=O) groups excluding carboxylic acids is 2. The molecule has 142 valence electrons. The molecule has 3 aliphatic rings. The van der Waals surface area contributed by atoms with Crippen molar-refractivity contribution in [2.24, 2.45) is 13.0 Å². The van der Waals surface area contributed by atoms with Crippen LogP contribution in [-0.2, 0) is 23.2 Å². The largest absolute Gasteiger partial charge is 0.346 e. The van der Waals surface area contributed by atoms with Gasteiger partial charge in [-0.1, -0.05) is 0 Å². The zero-order valence-electron chi connectivity index (χ0n) is 15.4. The number of nitrogens with zero attached hydrogens (tertiary/aromatic N) is 5. The van der Waals surface area contributed by atoms with Crippen LogP contribution in [0.3, 0.4) is 0 Å². The van der Waals surface area contributed by atoms with Gasteiger partial charge in [-0.2, -0.15) is 5.10 Å². The maximum absolute atomic E-state index is 12.5. The molecule has 26 heavy (non-hydrogen) atoms. The van der Waals surface area contributed by atoms with E-state index in [9.17, 15) is 14.4 Å². The van der Waals surface area contributed by atoms with Crippen LogP contribution in [0.25, 0.3) is 0 Å². The molecule has 0 unspecified atom stereocenters. The first-order valence-corrected chi connectivity index (χ1v) is 9.75. The number of aromatic nitrogens is 3. The molecular weight excluding hydrogens is 334 g/mol. The molecule has 0 N–H and O–H groups in total. The van der Waals surface area contributed by atoms with Crippen molar-refractivity contribution in [1.29, 1.82) is 0 Å². The summed E-state index contributed by atoms with van der Waals surface area (Å²) in [5, 5.41) is 4.48. The molecule has 0 bridgehead atoms. The molecule has 0 radical (unpaired) electrons. The summed E-state index contributed by atoms with van der Waals surface area (Å²) in [6.45, 7) is 3.04. The molecule has 2 aliphatic heterocycles. The lowest BCUT2D eigenvalue weighted by Crippen LogP contribution is -2.39. The molecule has 0 atom stereocenters. The van der Waals surface area contributed by atoms with Gasteiger partial charge < -0.3 is 9.80 Å². The van der Waals surface area contributed by atoms with Crippen LogP contribution < -0.4 is 5.69 Å². The Morgan fingerprint density at radius 3 is 2.27 bits per heavy atom. The molecule has 1 aromatic heterocycles. The summed E-state index contributed by atoms with van der Waals surface area (Å²) >= 11 is 0. The van der Waals surface area contributed by atoms with Crippen molar-refractivity contribution >= 4 is 11.8 Å². The smallest absolute Gasteiger partial charge is 0.342 e. The summed E-state index contributed by atoms with van der Waals surface area (Å²) in [5.41, 5.74) is -0.232. The Morgan fingerprint density at radius 2 is 1.65 bits per heavy atom. The standard InChI is InChI=1S/C18H27N5O3/c1-20-16(13-6-10-22(11-7-13)17(25)14-4-5-14)19-23(18(20)26)12-15(24)21-8-2-3-9-21/h13-14H,2-12H2,1H3. The predicted molar refractivity (Wildman–Crippen MR) is 94.6 cm³/mol. The zero-order chi connectivity index (χ0) is 18.3.